The molecule has 14 heavy (non-hydrogen) atoms. The average molecular weight is 202 g/mol. The van der Waals surface area contributed by atoms with Gasteiger partial charge in [-0.2, -0.15) is 0 Å². The Balaban J connectivity index is 3.23. The minimum Gasteiger partial charge on any atom is -0.380 e. The van der Waals surface area contributed by atoms with Gasteiger partial charge >= 0.3 is 0 Å². The molecule has 0 amide bonds. The minimum atomic E-state index is 0.861. The summed E-state index contributed by atoms with van der Waals surface area (Å²) in [6.45, 7) is 10.5. The summed E-state index contributed by atoms with van der Waals surface area (Å²) in [7, 11) is 4.31. The standard InChI is InChI=1S/C11H26N2O/c1-5-10-14-11-9-13(4)8-7-12(3)6-2/h5-11H2,1-4H3. The first-order chi connectivity index (χ1) is 6.70. The molecule has 0 aromatic carbocycles. The second kappa shape index (κ2) is 9.44. The Morgan fingerprint density at radius 3 is 2.07 bits per heavy atom. The zero-order valence-electron chi connectivity index (χ0n) is 10.3. The lowest BCUT2D eigenvalue weighted by Gasteiger charge is -2.20. The molecule has 0 bridgehead atoms. The molecule has 0 rings (SSSR count). The Bertz CT molecular complexity index is 120. The third kappa shape index (κ3) is 8.48. The molecule has 0 aromatic heterocycles. The van der Waals surface area contributed by atoms with E-state index in [2.05, 4.69) is 37.7 Å². The Kier molecular flexibility index (Phi) is 9.35. The second-order valence-electron chi connectivity index (χ2n) is 3.81. The molecule has 3 nitrogen and oxygen atoms in total. The van der Waals surface area contributed by atoms with Crippen LogP contribution >= 0.6 is 0 Å². The first-order valence-electron chi connectivity index (χ1n) is 5.65. The predicted octanol–water partition coefficient (Wildman–Crippen LogP) is 1.30. The van der Waals surface area contributed by atoms with Gasteiger partial charge in [-0.1, -0.05) is 13.8 Å². The van der Waals surface area contributed by atoms with Crippen molar-refractivity contribution in [1.82, 2.24) is 9.80 Å². The van der Waals surface area contributed by atoms with Crippen molar-refractivity contribution in [2.45, 2.75) is 20.3 Å². The van der Waals surface area contributed by atoms with Gasteiger partial charge in [-0.3, -0.25) is 0 Å². The Morgan fingerprint density at radius 2 is 1.50 bits per heavy atom. The van der Waals surface area contributed by atoms with Crippen LogP contribution in [0.2, 0.25) is 0 Å². The first kappa shape index (κ1) is 13.9. The minimum absolute atomic E-state index is 0.861. The van der Waals surface area contributed by atoms with Gasteiger partial charge in [-0.05, 0) is 27.1 Å². The Labute approximate surface area is 89.0 Å². The van der Waals surface area contributed by atoms with Crippen LogP contribution in [0.1, 0.15) is 20.3 Å². The molecular weight excluding hydrogens is 176 g/mol. The molecule has 0 aromatic rings. The molecule has 0 unspecified atom stereocenters. The third-order valence-electron chi connectivity index (χ3n) is 2.37. The molecule has 0 heterocycles. The van der Waals surface area contributed by atoms with Crippen LogP contribution in [0.25, 0.3) is 0 Å². The van der Waals surface area contributed by atoms with Crippen molar-refractivity contribution in [3.8, 4) is 0 Å². The lowest BCUT2D eigenvalue weighted by Crippen LogP contribution is -2.32. The van der Waals surface area contributed by atoms with Crippen LogP contribution in [0.3, 0.4) is 0 Å². The molecule has 0 fully saturated rings. The smallest absolute Gasteiger partial charge is 0.0593 e. The van der Waals surface area contributed by atoms with E-state index in [1.807, 2.05) is 0 Å². The summed E-state index contributed by atoms with van der Waals surface area (Å²) in [5, 5.41) is 0. The van der Waals surface area contributed by atoms with Gasteiger partial charge in [-0.15, -0.1) is 0 Å². The van der Waals surface area contributed by atoms with E-state index in [-0.39, 0.29) is 0 Å². The summed E-state index contributed by atoms with van der Waals surface area (Å²) in [6.07, 6.45) is 1.11. The summed E-state index contributed by atoms with van der Waals surface area (Å²) in [5.74, 6) is 0. The van der Waals surface area contributed by atoms with Gasteiger partial charge < -0.3 is 14.5 Å². The summed E-state index contributed by atoms with van der Waals surface area (Å²) < 4.78 is 5.43. The van der Waals surface area contributed by atoms with E-state index < -0.39 is 0 Å². The van der Waals surface area contributed by atoms with Crippen LogP contribution in [0.4, 0.5) is 0 Å². The molecule has 0 N–H and O–H groups in total. The van der Waals surface area contributed by atoms with Crippen molar-refractivity contribution < 1.29 is 4.74 Å². The van der Waals surface area contributed by atoms with Crippen LogP contribution in [-0.2, 0) is 4.74 Å². The van der Waals surface area contributed by atoms with E-state index >= 15 is 0 Å². The van der Waals surface area contributed by atoms with Gasteiger partial charge in [0.25, 0.3) is 0 Å². The summed E-state index contributed by atoms with van der Waals surface area (Å²) in [5.41, 5.74) is 0. The molecule has 0 saturated carbocycles. The maximum atomic E-state index is 5.43. The number of rotatable bonds is 9. The molecule has 0 aliphatic carbocycles. The fourth-order valence-corrected chi connectivity index (χ4v) is 1.08. The van der Waals surface area contributed by atoms with E-state index in [4.69, 9.17) is 4.74 Å². The van der Waals surface area contributed by atoms with Crippen LogP contribution in [0.5, 0.6) is 0 Å². The zero-order valence-corrected chi connectivity index (χ0v) is 10.3. The molecule has 3 heteroatoms. The zero-order chi connectivity index (χ0) is 10.8. The molecule has 0 spiro atoms. The number of hydrogen-bond acceptors (Lipinski definition) is 3. The van der Waals surface area contributed by atoms with Gasteiger partial charge in [-0.25, -0.2) is 0 Å². The largest absolute Gasteiger partial charge is 0.380 e. The lowest BCUT2D eigenvalue weighted by atomic mass is 10.4. The maximum absolute atomic E-state index is 5.43. The third-order valence-corrected chi connectivity index (χ3v) is 2.37. The summed E-state index contributed by atoms with van der Waals surface area (Å²) in [6, 6.07) is 0. The fourth-order valence-electron chi connectivity index (χ4n) is 1.08. The Morgan fingerprint density at radius 1 is 0.857 bits per heavy atom. The monoisotopic (exact) mass is 202 g/mol. The highest BCUT2D eigenvalue weighted by atomic mass is 16.5. The quantitative estimate of drug-likeness (QED) is 0.524. The van der Waals surface area contributed by atoms with E-state index in [9.17, 15) is 0 Å². The van der Waals surface area contributed by atoms with Crippen molar-refractivity contribution in [3.63, 3.8) is 0 Å². The van der Waals surface area contributed by atoms with E-state index in [0.717, 1.165) is 45.8 Å². The van der Waals surface area contributed by atoms with Crippen molar-refractivity contribution in [2.75, 3.05) is 53.5 Å². The van der Waals surface area contributed by atoms with Gasteiger partial charge in [0, 0.05) is 26.2 Å². The normalized spacial score (nSPS) is 11.6. The molecular formula is C11H26N2O. The SMILES string of the molecule is CCCOCCN(C)CCN(C)CC. The number of likely N-dealkylation sites (N-methyl/N-ethyl adjacent to an activating group) is 2. The highest BCUT2D eigenvalue weighted by Crippen LogP contribution is 1.87. The lowest BCUT2D eigenvalue weighted by molar-refractivity contribution is 0.109. The van der Waals surface area contributed by atoms with Gasteiger partial charge in [0.1, 0.15) is 0 Å². The van der Waals surface area contributed by atoms with E-state index in [0.29, 0.717) is 0 Å². The Hall–Kier alpha value is -0.120. The summed E-state index contributed by atoms with van der Waals surface area (Å²) >= 11 is 0. The van der Waals surface area contributed by atoms with Crippen molar-refractivity contribution >= 4 is 0 Å². The van der Waals surface area contributed by atoms with Gasteiger partial charge in [0.2, 0.25) is 0 Å². The first-order valence-corrected chi connectivity index (χ1v) is 5.65. The van der Waals surface area contributed by atoms with Crippen LogP contribution in [0, 0.1) is 0 Å². The van der Waals surface area contributed by atoms with E-state index in [1.54, 1.807) is 0 Å². The number of nitrogens with zero attached hydrogens (tertiary/aromatic N) is 2. The highest BCUT2D eigenvalue weighted by Gasteiger charge is 1.99. The van der Waals surface area contributed by atoms with Crippen LogP contribution < -0.4 is 0 Å². The molecule has 0 aliphatic heterocycles. The van der Waals surface area contributed by atoms with Gasteiger partial charge in [0.15, 0.2) is 0 Å². The topological polar surface area (TPSA) is 15.7 Å². The number of ether oxygens (including phenoxy) is 1. The molecule has 0 aliphatic rings. The number of hydrogen-bond donors (Lipinski definition) is 0. The van der Waals surface area contributed by atoms with Crippen molar-refractivity contribution in [3.05, 3.63) is 0 Å². The highest BCUT2D eigenvalue weighted by molar-refractivity contribution is 4.54. The van der Waals surface area contributed by atoms with Crippen molar-refractivity contribution in [2.24, 2.45) is 0 Å². The molecule has 0 radical (unpaired) electrons. The molecule has 0 saturated heterocycles. The average Bonchev–Trinajstić information content (AvgIpc) is 2.21. The molecule has 0 atom stereocenters. The van der Waals surface area contributed by atoms with Crippen molar-refractivity contribution in [1.29, 1.82) is 0 Å². The predicted molar refractivity (Wildman–Crippen MR) is 61.8 cm³/mol. The van der Waals surface area contributed by atoms with Crippen LogP contribution in [0.15, 0.2) is 0 Å². The second-order valence-corrected chi connectivity index (χ2v) is 3.81. The van der Waals surface area contributed by atoms with Crippen LogP contribution in [-0.4, -0.2) is 63.3 Å². The fraction of sp³-hybridized carbons (Fsp3) is 1.00. The van der Waals surface area contributed by atoms with E-state index in [1.165, 1.54) is 0 Å². The maximum Gasteiger partial charge on any atom is 0.0593 e. The van der Waals surface area contributed by atoms with Gasteiger partial charge in [0.05, 0.1) is 6.61 Å². The summed E-state index contributed by atoms with van der Waals surface area (Å²) in [4.78, 5) is 4.64. The molecule has 86 valence electrons.